The maximum absolute atomic E-state index is 13.5. The topological polar surface area (TPSA) is 66.4 Å². The van der Waals surface area contributed by atoms with Crippen LogP contribution in [0.15, 0.2) is 47.4 Å². The lowest BCUT2D eigenvalue weighted by molar-refractivity contribution is 0.382. The molecule has 0 bridgehead atoms. The van der Waals surface area contributed by atoms with Gasteiger partial charge in [0, 0.05) is 43.0 Å². The van der Waals surface area contributed by atoms with Crippen molar-refractivity contribution in [2.75, 3.05) is 31.1 Å². The van der Waals surface area contributed by atoms with E-state index in [0.717, 1.165) is 39.3 Å². The molecule has 4 rings (SSSR count). The average Bonchev–Trinajstić information content (AvgIpc) is 2.78. The van der Waals surface area contributed by atoms with E-state index in [0.29, 0.717) is 36.9 Å². The largest absolute Gasteiger partial charge is 0.354 e. The minimum atomic E-state index is -3.56. The summed E-state index contributed by atoms with van der Waals surface area (Å²) in [5, 5.41) is 0. The molecule has 1 fully saturated rings. The molecule has 1 aliphatic heterocycles. The SMILES string of the molecule is Cc1cc(C)c(S(=O)(=O)N2CCN(c3nc(-c4ccccc4)nc(C)c3C(C)C)CC2)c(C)c1. The number of nitrogens with zero attached hydrogens (tertiary/aromatic N) is 4. The van der Waals surface area contributed by atoms with Gasteiger partial charge >= 0.3 is 0 Å². The fourth-order valence-electron chi connectivity index (χ4n) is 5.04. The van der Waals surface area contributed by atoms with E-state index >= 15 is 0 Å². The summed E-state index contributed by atoms with van der Waals surface area (Å²) in [5.41, 5.74) is 5.77. The van der Waals surface area contributed by atoms with Crippen LogP contribution in [0.4, 0.5) is 5.82 Å². The summed E-state index contributed by atoms with van der Waals surface area (Å²) in [6, 6.07) is 13.9. The van der Waals surface area contributed by atoms with E-state index in [4.69, 9.17) is 9.97 Å². The molecule has 0 atom stereocenters. The number of piperazine rings is 1. The molecular formula is C27H34N4O2S. The van der Waals surface area contributed by atoms with Crippen LogP contribution in [0.3, 0.4) is 0 Å². The van der Waals surface area contributed by atoms with E-state index in [1.807, 2.05) is 70.2 Å². The second kappa shape index (κ2) is 9.47. The Morgan fingerprint density at radius 3 is 2.00 bits per heavy atom. The van der Waals surface area contributed by atoms with Crippen molar-refractivity contribution in [3.63, 3.8) is 0 Å². The van der Waals surface area contributed by atoms with Crippen LogP contribution in [0.25, 0.3) is 11.4 Å². The first-order chi connectivity index (χ1) is 16.1. The van der Waals surface area contributed by atoms with Gasteiger partial charge in [0.1, 0.15) is 5.82 Å². The Bertz CT molecular complexity index is 1270. The third-order valence-electron chi connectivity index (χ3n) is 6.47. The molecule has 180 valence electrons. The van der Waals surface area contributed by atoms with Crippen LogP contribution in [0.2, 0.25) is 0 Å². The van der Waals surface area contributed by atoms with Gasteiger partial charge in [-0.1, -0.05) is 61.9 Å². The zero-order valence-corrected chi connectivity index (χ0v) is 21.8. The molecule has 0 aliphatic carbocycles. The second-order valence-electron chi connectivity index (χ2n) is 9.51. The molecular weight excluding hydrogens is 444 g/mol. The van der Waals surface area contributed by atoms with Gasteiger partial charge in [-0.05, 0) is 44.7 Å². The Balaban J connectivity index is 1.64. The predicted octanol–water partition coefficient (Wildman–Crippen LogP) is 5.01. The van der Waals surface area contributed by atoms with Gasteiger partial charge in [-0.3, -0.25) is 0 Å². The highest BCUT2D eigenvalue weighted by molar-refractivity contribution is 7.89. The molecule has 2 heterocycles. The molecule has 0 spiro atoms. The Labute approximate surface area is 203 Å². The summed E-state index contributed by atoms with van der Waals surface area (Å²) in [5.74, 6) is 1.89. The third-order valence-corrected chi connectivity index (χ3v) is 8.67. The summed E-state index contributed by atoms with van der Waals surface area (Å²) in [4.78, 5) is 12.4. The number of aromatic nitrogens is 2. The molecule has 0 unspecified atom stereocenters. The molecule has 0 amide bonds. The molecule has 7 heteroatoms. The molecule has 2 aromatic carbocycles. The lowest BCUT2D eigenvalue weighted by Crippen LogP contribution is -2.49. The van der Waals surface area contributed by atoms with Crippen LogP contribution >= 0.6 is 0 Å². The summed E-state index contributed by atoms with van der Waals surface area (Å²) < 4.78 is 28.7. The van der Waals surface area contributed by atoms with Crippen molar-refractivity contribution < 1.29 is 8.42 Å². The summed E-state index contributed by atoms with van der Waals surface area (Å²) in [6.07, 6.45) is 0. The molecule has 0 N–H and O–H groups in total. The van der Waals surface area contributed by atoms with Crippen LogP contribution in [0, 0.1) is 27.7 Å². The smallest absolute Gasteiger partial charge is 0.243 e. The van der Waals surface area contributed by atoms with E-state index in [2.05, 4.69) is 18.7 Å². The lowest BCUT2D eigenvalue weighted by atomic mass is 10.0. The number of hydrogen-bond donors (Lipinski definition) is 0. The fourth-order valence-corrected chi connectivity index (χ4v) is 6.88. The minimum Gasteiger partial charge on any atom is -0.354 e. The van der Waals surface area contributed by atoms with E-state index in [1.165, 1.54) is 0 Å². The monoisotopic (exact) mass is 478 g/mol. The first kappa shape index (κ1) is 24.4. The maximum Gasteiger partial charge on any atom is 0.243 e. The van der Waals surface area contributed by atoms with Crippen LogP contribution in [0.1, 0.15) is 47.7 Å². The number of hydrogen-bond acceptors (Lipinski definition) is 5. The minimum absolute atomic E-state index is 0.263. The van der Waals surface area contributed by atoms with Crippen LogP contribution in [-0.2, 0) is 10.0 Å². The Morgan fingerprint density at radius 2 is 1.44 bits per heavy atom. The van der Waals surface area contributed by atoms with Gasteiger partial charge < -0.3 is 4.90 Å². The Kier molecular flexibility index (Phi) is 6.78. The third kappa shape index (κ3) is 4.59. The second-order valence-corrected chi connectivity index (χ2v) is 11.4. The molecule has 0 saturated carbocycles. The number of benzene rings is 2. The van der Waals surface area contributed by atoms with Gasteiger partial charge in [0.15, 0.2) is 5.82 Å². The first-order valence-corrected chi connectivity index (χ1v) is 13.3. The van der Waals surface area contributed by atoms with Gasteiger partial charge in [-0.2, -0.15) is 4.31 Å². The number of aryl methyl sites for hydroxylation is 4. The van der Waals surface area contributed by atoms with Crippen LogP contribution in [0.5, 0.6) is 0 Å². The van der Waals surface area contributed by atoms with E-state index in [9.17, 15) is 8.42 Å². The summed E-state index contributed by atoms with van der Waals surface area (Å²) in [7, 11) is -3.56. The molecule has 3 aromatic rings. The molecule has 1 aliphatic rings. The van der Waals surface area contributed by atoms with Crippen molar-refractivity contribution in [2.45, 2.75) is 52.4 Å². The van der Waals surface area contributed by atoms with Crippen molar-refractivity contribution in [2.24, 2.45) is 0 Å². The van der Waals surface area contributed by atoms with E-state index in [1.54, 1.807) is 4.31 Å². The quantitative estimate of drug-likeness (QED) is 0.516. The fraction of sp³-hybridized carbons (Fsp3) is 0.407. The zero-order valence-electron chi connectivity index (χ0n) is 21.0. The van der Waals surface area contributed by atoms with Gasteiger partial charge in [-0.25, -0.2) is 18.4 Å². The van der Waals surface area contributed by atoms with Crippen molar-refractivity contribution in [1.82, 2.24) is 14.3 Å². The van der Waals surface area contributed by atoms with Crippen LogP contribution in [-0.4, -0.2) is 48.9 Å². The van der Waals surface area contributed by atoms with Gasteiger partial charge in [0.25, 0.3) is 0 Å². The van der Waals surface area contributed by atoms with E-state index < -0.39 is 10.0 Å². The van der Waals surface area contributed by atoms with Crippen molar-refractivity contribution >= 4 is 15.8 Å². The molecule has 1 aromatic heterocycles. The Hall–Kier alpha value is -2.77. The van der Waals surface area contributed by atoms with Gasteiger partial charge in [-0.15, -0.1) is 0 Å². The Morgan fingerprint density at radius 1 is 0.853 bits per heavy atom. The molecule has 34 heavy (non-hydrogen) atoms. The number of sulfonamides is 1. The zero-order chi connectivity index (χ0) is 24.6. The molecule has 1 saturated heterocycles. The average molecular weight is 479 g/mol. The standard InChI is InChI=1S/C27H34N4O2S/c1-18(2)24-22(6)28-26(23-10-8-7-9-11-23)29-27(24)30-12-14-31(15-13-30)34(32,33)25-20(4)16-19(3)17-21(25)5/h7-11,16-18H,12-15H2,1-6H3. The predicted molar refractivity (Wildman–Crippen MR) is 138 cm³/mol. The van der Waals surface area contributed by atoms with Gasteiger partial charge in [0.05, 0.1) is 4.90 Å². The highest BCUT2D eigenvalue weighted by Crippen LogP contribution is 2.32. The normalized spacial score (nSPS) is 15.2. The highest BCUT2D eigenvalue weighted by atomic mass is 32.2. The molecule has 0 radical (unpaired) electrons. The molecule has 6 nitrogen and oxygen atoms in total. The number of anilines is 1. The van der Waals surface area contributed by atoms with Crippen molar-refractivity contribution in [3.8, 4) is 11.4 Å². The van der Waals surface area contributed by atoms with E-state index in [-0.39, 0.29) is 5.92 Å². The summed E-state index contributed by atoms with van der Waals surface area (Å²) in [6.45, 7) is 14.1. The van der Waals surface area contributed by atoms with Crippen molar-refractivity contribution in [1.29, 1.82) is 0 Å². The highest BCUT2D eigenvalue weighted by Gasteiger charge is 2.32. The first-order valence-electron chi connectivity index (χ1n) is 11.9. The lowest BCUT2D eigenvalue weighted by Gasteiger charge is -2.36. The maximum atomic E-state index is 13.5. The van der Waals surface area contributed by atoms with Crippen molar-refractivity contribution in [3.05, 3.63) is 70.4 Å². The summed E-state index contributed by atoms with van der Waals surface area (Å²) >= 11 is 0. The van der Waals surface area contributed by atoms with Crippen LogP contribution < -0.4 is 4.90 Å². The number of rotatable bonds is 5. The van der Waals surface area contributed by atoms with Gasteiger partial charge in [0.2, 0.25) is 10.0 Å².